The first-order valence-electron chi connectivity index (χ1n) is 13.5. The van der Waals surface area contributed by atoms with Crippen LogP contribution in [0.1, 0.15) is 93.0 Å². The molecule has 0 bridgehead atoms. The van der Waals surface area contributed by atoms with Gasteiger partial charge in [-0.2, -0.15) is 4.57 Å². The molecule has 2 aromatic carbocycles. The van der Waals surface area contributed by atoms with Crippen LogP contribution in [-0.4, -0.2) is 0 Å². The summed E-state index contributed by atoms with van der Waals surface area (Å²) in [5.74, 6) is 1.53. The molecule has 2 aliphatic rings. The zero-order valence-corrected chi connectivity index (χ0v) is 20.6. The molecule has 32 heavy (non-hydrogen) atoms. The van der Waals surface area contributed by atoms with E-state index >= 15 is 0 Å². The predicted molar refractivity (Wildman–Crippen MR) is 136 cm³/mol. The second-order valence-electron chi connectivity index (χ2n) is 10.7. The third-order valence-corrected chi connectivity index (χ3v) is 8.51. The number of nitrogens with zero attached hydrogens (tertiary/aromatic N) is 1. The van der Waals surface area contributed by atoms with Crippen molar-refractivity contribution in [3.05, 3.63) is 64.3 Å². The van der Waals surface area contributed by atoms with Crippen molar-refractivity contribution in [2.75, 3.05) is 0 Å². The fourth-order valence-corrected chi connectivity index (χ4v) is 6.33. The van der Waals surface area contributed by atoms with Gasteiger partial charge < -0.3 is 0 Å². The smallest absolute Gasteiger partial charge is 0.198 e. The second-order valence-corrected chi connectivity index (χ2v) is 10.7. The molecule has 1 nitrogen and oxygen atoms in total. The maximum atomic E-state index is 8.95. The van der Waals surface area contributed by atoms with E-state index in [1.165, 1.54) is 103 Å². The number of pyridine rings is 1. The Bertz CT molecular complexity index is 1180. The average Bonchev–Trinajstić information content (AvgIpc) is 3.34. The summed E-state index contributed by atoms with van der Waals surface area (Å²) in [5, 5.41) is 2.35. The number of fused-ring (bicyclic) bond motifs is 1. The summed E-state index contributed by atoms with van der Waals surface area (Å²) in [4.78, 5) is 0. The largest absolute Gasteiger partial charge is 0.220 e. The molecule has 0 unspecified atom stereocenters. The van der Waals surface area contributed by atoms with Gasteiger partial charge in [-0.25, -0.2) is 0 Å². The summed E-state index contributed by atoms with van der Waals surface area (Å²) in [6, 6.07) is 12.6. The number of hydrogen-bond acceptors (Lipinski definition) is 0. The van der Waals surface area contributed by atoms with Gasteiger partial charge in [0, 0.05) is 13.0 Å². The highest BCUT2D eigenvalue weighted by Gasteiger charge is 2.24. The third kappa shape index (κ3) is 4.12. The van der Waals surface area contributed by atoms with Gasteiger partial charge in [-0.3, -0.25) is 0 Å². The van der Waals surface area contributed by atoms with Crippen molar-refractivity contribution in [1.82, 2.24) is 0 Å². The van der Waals surface area contributed by atoms with Gasteiger partial charge in [-0.05, 0) is 84.7 Å². The maximum Gasteiger partial charge on any atom is 0.220 e. The minimum absolute atomic E-state index is 0.683. The fraction of sp³-hybridized carbons (Fsp3) is 0.516. The minimum Gasteiger partial charge on any atom is -0.198 e. The van der Waals surface area contributed by atoms with Gasteiger partial charge in [0.2, 0.25) is 5.69 Å². The van der Waals surface area contributed by atoms with E-state index in [0.717, 1.165) is 17.0 Å². The summed E-state index contributed by atoms with van der Waals surface area (Å²) in [6.45, 7) is 6.67. The van der Waals surface area contributed by atoms with Crippen molar-refractivity contribution in [2.24, 2.45) is 13.0 Å². The summed E-state index contributed by atoms with van der Waals surface area (Å²) < 4.78 is 11.2. The van der Waals surface area contributed by atoms with Crippen molar-refractivity contribution >= 4 is 10.8 Å². The number of aryl methyl sites for hydroxylation is 1. The van der Waals surface area contributed by atoms with Crippen LogP contribution in [0.15, 0.2) is 36.4 Å². The van der Waals surface area contributed by atoms with E-state index < -0.39 is 0 Å². The predicted octanol–water partition coefficient (Wildman–Crippen LogP) is 8.04. The SMILES string of the molecule is [2H]c1c(C)[n+](C)c(-c2cc(C3CCCCC3)cc(C)c2C)c2ccc(CC3CCCC3)cc12. The van der Waals surface area contributed by atoms with Crippen LogP contribution >= 0.6 is 0 Å². The minimum atomic E-state index is 0.683. The number of hydrogen-bond donors (Lipinski definition) is 0. The van der Waals surface area contributed by atoms with Crippen molar-refractivity contribution in [3.63, 3.8) is 0 Å². The monoisotopic (exact) mass is 427 g/mol. The van der Waals surface area contributed by atoms with Gasteiger partial charge in [0.15, 0.2) is 5.69 Å². The summed E-state index contributed by atoms with van der Waals surface area (Å²) in [7, 11) is 2.15. The first-order chi connectivity index (χ1) is 15.9. The van der Waals surface area contributed by atoms with Crippen LogP contribution in [0.2, 0.25) is 0 Å². The Balaban J connectivity index is 1.66. The van der Waals surface area contributed by atoms with Crippen molar-refractivity contribution < 1.29 is 5.94 Å². The molecule has 1 heterocycles. The Morgan fingerprint density at radius 1 is 0.906 bits per heavy atom. The highest BCUT2D eigenvalue weighted by molar-refractivity contribution is 5.94. The number of rotatable bonds is 4. The van der Waals surface area contributed by atoms with E-state index in [4.69, 9.17) is 1.37 Å². The van der Waals surface area contributed by atoms with Crippen LogP contribution in [0.3, 0.4) is 0 Å². The molecular formula is C31H40N+. The molecule has 0 amide bonds. The first kappa shape index (κ1) is 20.5. The zero-order valence-electron chi connectivity index (χ0n) is 21.6. The third-order valence-electron chi connectivity index (χ3n) is 8.51. The molecule has 5 rings (SSSR count). The first-order valence-corrected chi connectivity index (χ1v) is 13.0. The fourth-order valence-electron chi connectivity index (χ4n) is 6.33. The molecule has 2 fully saturated rings. The molecule has 2 aliphatic carbocycles. The Labute approximate surface area is 196 Å². The van der Waals surface area contributed by atoms with Gasteiger partial charge >= 0.3 is 0 Å². The zero-order chi connectivity index (χ0) is 23.1. The highest BCUT2D eigenvalue weighted by Crippen LogP contribution is 2.38. The van der Waals surface area contributed by atoms with Gasteiger partial charge in [0.1, 0.15) is 7.05 Å². The van der Waals surface area contributed by atoms with Crippen LogP contribution < -0.4 is 4.57 Å². The van der Waals surface area contributed by atoms with E-state index in [1.54, 1.807) is 0 Å². The molecule has 0 aliphatic heterocycles. The molecule has 168 valence electrons. The van der Waals surface area contributed by atoms with Gasteiger partial charge in [-0.15, -0.1) is 0 Å². The molecular weight excluding hydrogens is 386 g/mol. The molecule has 1 aromatic heterocycles. The van der Waals surface area contributed by atoms with E-state index in [2.05, 4.69) is 62.7 Å². The molecule has 0 atom stereocenters. The molecule has 3 aromatic rings. The van der Waals surface area contributed by atoms with Gasteiger partial charge in [0.05, 0.1) is 12.3 Å². The lowest BCUT2D eigenvalue weighted by Crippen LogP contribution is -2.35. The van der Waals surface area contributed by atoms with E-state index in [9.17, 15) is 0 Å². The van der Waals surface area contributed by atoms with Gasteiger partial charge in [-0.1, -0.05) is 63.1 Å². The van der Waals surface area contributed by atoms with Crippen LogP contribution in [0.5, 0.6) is 0 Å². The van der Waals surface area contributed by atoms with Crippen LogP contribution in [-0.2, 0) is 13.5 Å². The molecule has 1 heteroatoms. The lowest BCUT2D eigenvalue weighted by molar-refractivity contribution is -0.665. The highest BCUT2D eigenvalue weighted by atomic mass is 14.9. The molecule has 0 N–H and O–H groups in total. The van der Waals surface area contributed by atoms with Crippen LogP contribution in [0.25, 0.3) is 22.0 Å². The maximum absolute atomic E-state index is 8.95. The molecule has 0 spiro atoms. The normalized spacial score (nSPS) is 18.4. The van der Waals surface area contributed by atoms with Crippen molar-refractivity contribution in [3.8, 4) is 11.3 Å². The Kier molecular flexibility index (Phi) is 5.76. The molecule has 0 saturated heterocycles. The van der Waals surface area contributed by atoms with Crippen LogP contribution in [0, 0.1) is 26.7 Å². The van der Waals surface area contributed by atoms with Crippen molar-refractivity contribution in [2.45, 2.75) is 90.9 Å². The lowest BCUT2D eigenvalue weighted by atomic mass is 9.81. The average molecular weight is 428 g/mol. The second kappa shape index (κ2) is 9.00. The van der Waals surface area contributed by atoms with Gasteiger partial charge in [0.25, 0.3) is 0 Å². The van der Waals surface area contributed by atoms with E-state index in [1.807, 2.05) is 0 Å². The number of benzene rings is 2. The van der Waals surface area contributed by atoms with Crippen LogP contribution in [0.4, 0.5) is 0 Å². The standard InChI is InChI=1S/C31H40N/c1-21-16-27(26-12-6-5-7-13-26)20-30(23(21)3)31-29-15-14-25(18-24-10-8-9-11-24)19-28(29)17-22(2)32(31)4/h14-17,19-20,24,26H,5-13,18H2,1-4H3/q+1/i17D. The summed E-state index contributed by atoms with van der Waals surface area (Å²) in [6.07, 6.45) is 13.4. The van der Waals surface area contributed by atoms with E-state index in [0.29, 0.717) is 12.0 Å². The van der Waals surface area contributed by atoms with Crippen molar-refractivity contribution in [1.29, 1.82) is 0 Å². The molecule has 2 saturated carbocycles. The number of aromatic nitrogens is 1. The summed E-state index contributed by atoms with van der Waals surface area (Å²) in [5.41, 5.74) is 9.39. The van der Waals surface area contributed by atoms with E-state index in [-0.39, 0.29) is 0 Å². The lowest BCUT2D eigenvalue weighted by Gasteiger charge is -2.24. The Morgan fingerprint density at radius 3 is 2.38 bits per heavy atom. The molecule has 0 radical (unpaired) electrons. The Morgan fingerprint density at radius 2 is 1.62 bits per heavy atom. The topological polar surface area (TPSA) is 3.88 Å². The Hall–Kier alpha value is -2.15. The summed E-state index contributed by atoms with van der Waals surface area (Å²) >= 11 is 0. The quantitative estimate of drug-likeness (QED) is 0.371.